The van der Waals surface area contributed by atoms with E-state index in [1.54, 1.807) is 0 Å². The van der Waals surface area contributed by atoms with E-state index in [0.29, 0.717) is 30.8 Å². The van der Waals surface area contributed by atoms with Gasteiger partial charge in [-0.25, -0.2) is 0 Å². The fourth-order valence-corrected chi connectivity index (χ4v) is 7.15. The summed E-state index contributed by atoms with van der Waals surface area (Å²) in [5, 5.41) is 10.9. The highest BCUT2D eigenvalue weighted by atomic mass is 31.2. The maximum atomic E-state index is 11.2. The molecular formula is C28H54N9O3P. The van der Waals surface area contributed by atoms with Gasteiger partial charge < -0.3 is 36.4 Å². The minimum absolute atomic E-state index is 0.0737. The van der Waals surface area contributed by atoms with E-state index in [0.717, 1.165) is 57.8 Å². The van der Waals surface area contributed by atoms with Gasteiger partial charge in [-0.2, -0.15) is 15.0 Å². The van der Waals surface area contributed by atoms with Crippen LogP contribution in [-0.2, 0) is 4.57 Å². The maximum absolute atomic E-state index is 11.2. The Labute approximate surface area is 246 Å². The molecule has 0 bridgehead atoms. The van der Waals surface area contributed by atoms with Crippen molar-refractivity contribution >= 4 is 25.4 Å². The van der Waals surface area contributed by atoms with Gasteiger partial charge in [-0.3, -0.25) is 9.46 Å². The number of hydrogen-bond donors (Lipinski definition) is 6. The molecule has 2 aliphatic carbocycles. The van der Waals surface area contributed by atoms with Crippen LogP contribution in [-0.4, -0.2) is 100 Å². The summed E-state index contributed by atoms with van der Waals surface area (Å²) in [5.74, 6) is 2.73. The zero-order valence-electron chi connectivity index (χ0n) is 25.0. The monoisotopic (exact) mass is 595 g/mol. The maximum Gasteiger partial charge on any atom is 0.325 e. The molecule has 0 aromatic carbocycles. The van der Waals surface area contributed by atoms with Crippen LogP contribution in [0.5, 0.6) is 0 Å². The van der Waals surface area contributed by atoms with Gasteiger partial charge in [-0.05, 0) is 96.3 Å². The first-order valence-electron chi connectivity index (χ1n) is 16.0. The van der Waals surface area contributed by atoms with Crippen LogP contribution in [0.3, 0.4) is 0 Å². The second-order valence-electron chi connectivity index (χ2n) is 12.5. The SMILES string of the molecule is C[C@@H]1CN(c2nc(N)nc(NC[C@H]3CC[C@H](CNCCCNC4CCCCC4)CC3)n2)CCN1CCCP(=O)(O)O. The van der Waals surface area contributed by atoms with Crippen molar-refractivity contribution in [1.29, 1.82) is 0 Å². The molecule has 0 radical (unpaired) electrons. The number of hydrogen-bond acceptors (Lipinski definition) is 10. The minimum atomic E-state index is -3.95. The Bertz CT molecular complexity index is 954. The molecule has 1 aromatic heterocycles. The molecule has 3 aliphatic rings. The number of anilines is 3. The first-order chi connectivity index (χ1) is 19.7. The predicted molar refractivity (Wildman–Crippen MR) is 165 cm³/mol. The zero-order chi connectivity index (χ0) is 29.1. The third-order valence-electron chi connectivity index (χ3n) is 9.10. The molecule has 2 heterocycles. The van der Waals surface area contributed by atoms with E-state index < -0.39 is 7.60 Å². The molecule has 7 N–H and O–H groups in total. The predicted octanol–water partition coefficient (Wildman–Crippen LogP) is 2.65. The van der Waals surface area contributed by atoms with Gasteiger partial charge in [-0.1, -0.05) is 19.3 Å². The van der Waals surface area contributed by atoms with Gasteiger partial charge in [0.15, 0.2) is 0 Å². The molecular weight excluding hydrogens is 541 g/mol. The first kappa shape index (κ1) is 32.4. The summed E-state index contributed by atoms with van der Waals surface area (Å²) in [6, 6.07) is 0.979. The molecule has 13 heteroatoms. The molecule has 12 nitrogen and oxygen atoms in total. The topological polar surface area (TPSA) is 165 Å². The lowest BCUT2D eigenvalue weighted by molar-refractivity contribution is 0.188. The number of nitrogens with zero attached hydrogens (tertiary/aromatic N) is 5. The van der Waals surface area contributed by atoms with E-state index in [4.69, 9.17) is 15.5 Å². The van der Waals surface area contributed by atoms with Gasteiger partial charge in [0.1, 0.15) is 0 Å². The third kappa shape index (κ3) is 11.6. The number of aromatic nitrogens is 3. The molecule has 0 amide bonds. The summed E-state index contributed by atoms with van der Waals surface area (Å²) in [4.78, 5) is 36.0. The van der Waals surface area contributed by atoms with Gasteiger partial charge in [-0.15, -0.1) is 0 Å². The van der Waals surface area contributed by atoms with Crippen LogP contribution in [0.15, 0.2) is 0 Å². The van der Waals surface area contributed by atoms with Crippen molar-refractivity contribution < 1.29 is 14.4 Å². The number of nitrogens with two attached hydrogens (primary N) is 1. The van der Waals surface area contributed by atoms with E-state index in [9.17, 15) is 4.57 Å². The van der Waals surface area contributed by atoms with Crippen molar-refractivity contribution in [3.63, 3.8) is 0 Å². The van der Waals surface area contributed by atoms with E-state index >= 15 is 0 Å². The number of nitrogens with one attached hydrogen (secondary N) is 3. The van der Waals surface area contributed by atoms with Gasteiger partial charge in [0, 0.05) is 38.3 Å². The molecule has 1 atom stereocenters. The molecule has 234 valence electrons. The second-order valence-corrected chi connectivity index (χ2v) is 14.3. The average Bonchev–Trinajstić information content (AvgIpc) is 2.95. The van der Waals surface area contributed by atoms with E-state index in [2.05, 4.69) is 47.6 Å². The van der Waals surface area contributed by atoms with E-state index in [-0.39, 0.29) is 18.2 Å². The van der Waals surface area contributed by atoms with Crippen LogP contribution in [0.4, 0.5) is 17.8 Å². The minimum Gasteiger partial charge on any atom is -0.368 e. The molecule has 0 spiro atoms. The Hall–Kier alpha value is -1.56. The standard InChI is InChI=1S/C28H54N9O3P/c1-22-21-37(17-16-36(22)15-6-18-41(38,39)40)28-34-26(29)33-27(35-28)32-20-24-11-9-23(10-12-24)19-30-13-5-14-31-25-7-3-2-4-8-25/h22-25,30-31H,2-21H2,1H3,(H2,38,39,40)(H3,29,32,33,34,35)/t22-,23-,24-/m1/s1. The van der Waals surface area contributed by atoms with Crippen LogP contribution in [0.1, 0.15) is 77.6 Å². The van der Waals surface area contributed by atoms with Crippen LogP contribution >= 0.6 is 7.60 Å². The van der Waals surface area contributed by atoms with E-state index in [1.807, 2.05) is 0 Å². The summed E-state index contributed by atoms with van der Waals surface area (Å²) in [6.45, 7) is 9.26. The summed E-state index contributed by atoms with van der Waals surface area (Å²) < 4.78 is 11.2. The van der Waals surface area contributed by atoms with Crippen molar-refractivity contribution in [2.24, 2.45) is 11.8 Å². The van der Waals surface area contributed by atoms with Crippen molar-refractivity contribution in [2.45, 2.75) is 89.6 Å². The van der Waals surface area contributed by atoms with Crippen LogP contribution in [0, 0.1) is 11.8 Å². The molecule has 3 fully saturated rings. The van der Waals surface area contributed by atoms with Gasteiger partial charge in [0.2, 0.25) is 17.8 Å². The fraction of sp³-hybridized carbons (Fsp3) is 0.893. The van der Waals surface area contributed by atoms with Crippen LogP contribution in [0.2, 0.25) is 0 Å². The Morgan fingerprint density at radius 1 is 0.927 bits per heavy atom. The molecule has 0 unspecified atom stereocenters. The summed E-state index contributed by atoms with van der Waals surface area (Å²) >= 11 is 0. The lowest BCUT2D eigenvalue weighted by Gasteiger charge is -2.40. The number of nitrogen functional groups attached to an aromatic ring is 1. The first-order valence-corrected chi connectivity index (χ1v) is 17.8. The van der Waals surface area contributed by atoms with Gasteiger partial charge >= 0.3 is 7.60 Å². The molecule has 1 aromatic rings. The zero-order valence-corrected chi connectivity index (χ0v) is 25.9. The molecule has 1 aliphatic heterocycles. The Morgan fingerprint density at radius 3 is 2.37 bits per heavy atom. The Morgan fingerprint density at radius 2 is 1.66 bits per heavy atom. The van der Waals surface area contributed by atoms with Crippen molar-refractivity contribution in [3.05, 3.63) is 0 Å². The molecule has 1 saturated heterocycles. The smallest absolute Gasteiger partial charge is 0.325 e. The normalized spacial score (nSPS) is 25.0. The second kappa shape index (κ2) is 16.3. The summed E-state index contributed by atoms with van der Waals surface area (Å²) in [7, 11) is -3.95. The number of rotatable bonds is 15. The third-order valence-corrected chi connectivity index (χ3v) is 10.00. The Kier molecular flexibility index (Phi) is 12.9. The number of piperazine rings is 1. The van der Waals surface area contributed by atoms with Gasteiger partial charge in [0.25, 0.3) is 0 Å². The van der Waals surface area contributed by atoms with E-state index in [1.165, 1.54) is 64.2 Å². The van der Waals surface area contributed by atoms with Gasteiger partial charge in [0.05, 0.1) is 6.16 Å². The van der Waals surface area contributed by atoms with Crippen molar-refractivity contribution in [2.75, 3.05) is 74.5 Å². The summed E-state index contributed by atoms with van der Waals surface area (Å²) in [5.41, 5.74) is 6.05. The highest BCUT2D eigenvalue weighted by molar-refractivity contribution is 7.51. The molecule has 2 saturated carbocycles. The highest BCUT2D eigenvalue weighted by Gasteiger charge is 2.27. The largest absolute Gasteiger partial charge is 0.368 e. The van der Waals surface area contributed by atoms with Crippen LogP contribution < -0.4 is 26.6 Å². The lowest BCUT2D eigenvalue weighted by atomic mass is 9.82. The molecule has 41 heavy (non-hydrogen) atoms. The average molecular weight is 596 g/mol. The fourth-order valence-electron chi connectivity index (χ4n) is 6.60. The quantitative estimate of drug-likeness (QED) is 0.130. The van der Waals surface area contributed by atoms with Crippen molar-refractivity contribution in [1.82, 2.24) is 30.5 Å². The summed E-state index contributed by atoms with van der Waals surface area (Å²) in [6.07, 6.45) is 13.5. The Balaban J connectivity index is 1.11. The lowest BCUT2D eigenvalue weighted by Crippen LogP contribution is -2.52. The van der Waals surface area contributed by atoms with Crippen LogP contribution in [0.25, 0.3) is 0 Å². The van der Waals surface area contributed by atoms with Crippen molar-refractivity contribution in [3.8, 4) is 0 Å². The molecule has 4 rings (SSSR count). The highest BCUT2D eigenvalue weighted by Crippen LogP contribution is 2.35.